The van der Waals surface area contributed by atoms with Gasteiger partial charge in [-0.25, -0.2) is 4.79 Å². The van der Waals surface area contributed by atoms with Crippen molar-refractivity contribution in [2.75, 3.05) is 36.5 Å². The lowest BCUT2D eigenvalue weighted by Crippen LogP contribution is -2.34. The Balaban J connectivity index is 1.65. The maximum absolute atomic E-state index is 12.0. The highest BCUT2D eigenvalue weighted by atomic mass is 16.6. The van der Waals surface area contributed by atoms with Gasteiger partial charge in [0.2, 0.25) is 0 Å². The third-order valence-electron chi connectivity index (χ3n) is 4.66. The fourth-order valence-electron chi connectivity index (χ4n) is 3.02. The number of alkyl carbamates (subject to hydrolysis) is 1. The molecule has 1 aliphatic rings. The number of hydrogen-bond donors (Lipinski definition) is 2. The third-order valence-corrected chi connectivity index (χ3v) is 4.66. The molecule has 2 rings (SSSR count). The van der Waals surface area contributed by atoms with E-state index in [1.807, 2.05) is 24.3 Å². The van der Waals surface area contributed by atoms with Crippen LogP contribution in [0.2, 0.25) is 0 Å². The van der Waals surface area contributed by atoms with Gasteiger partial charge in [-0.3, -0.25) is 9.59 Å². The zero-order chi connectivity index (χ0) is 22.1. The maximum Gasteiger partial charge on any atom is 0.407 e. The minimum atomic E-state index is -0.604. The maximum atomic E-state index is 12.0. The number of piperidine rings is 1. The molecule has 8 nitrogen and oxygen atoms in total. The summed E-state index contributed by atoms with van der Waals surface area (Å²) in [6, 6.07) is 7.66. The number of hydrogen-bond acceptors (Lipinski definition) is 6. The molecule has 0 aromatic heterocycles. The van der Waals surface area contributed by atoms with Crippen LogP contribution in [-0.4, -0.2) is 49.8 Å². The second kappa shape index (κ2) is 10.8. The first-order chi connectivity index (χ1) is 14.1. The van der Waals surface area contributed by atoms with Crippen molar-refractivity contribution in [3.63, 3.8) is 0 Å². The van der Waals surface area contributed by atoms with Crippen LogP contribution in [0.4, 0.5) is 16.2 Å². The number of anilines is 2. The highest BCUT2D eigenvalue weighted by molar-refractivity contribution is 5.93. The van der Waals surface area contributed by atoms with Crippen LogP contribution in [0.5, 0.6) is 0 Å². The fraction of sp³-hybridized carbons (Fsp3) is 0.591. The molecular weight excluding hydrogens is 386 g/mol. The van der Waals surface area contributed by atoms with E-state index in [0.29, 0.717) is 5.69 Å². The minimum absolute atomic E-state index is 0.0460. The van der Waals surface area contributed by atoms with Gasteiger partial charge in [-0.05, 0) is 63.8 Å². The number of esters is 1. The van der Waals surface area contributed by atoms with Gasteiger partial charge in [0, 0.05) is 31.0 Å². The van der Waals surface area contributed by atoms with E-state index in [9.17, 15) is 14.4 Å². The van der Waals surface area contributed by atoms with Crippen molar-refractivity contribution in [3.8, 4) is 0 Å². The average molecular weight is 420 g/mol. The highest BCUT2D eigenvalue weighted by Gasteiger charge is 2.17. The zero-order valence-corrected chi connectivity index (χ0v) is 18.3. The molecule has 0 bridgehead atoms. The molecule has 166 valence electrons. The molecule has 0 atom stereocenters. The summed E-state index contributed by atoms with van der Waals surface area (Å²) in [7, 11) is 0. The summed E-state index contributed by atoms with van der Waals surface area (Å²) in [5, 5.41) is 5.18. The molecule has 1 aliphatic heterocycles. The molecule has 1 aromatic rings. The van der Waals surface area contributed by atoms with Crippen molar-refractivity contribution < 1.29 is 23.9 Å². The number of nitrogens with zero attached hydrogens (tertiary/aromatic N) is 1. The van der Waals surface area contributed by atoms with E-state index < -0.39 is 23.6 Å². The van der Waals surface area contributed by atoms with Gasteiger partial charge in [-0.15, -0.1) is 0 Å². The SMILES string of the molecule is CC1CCN(c2ccc(NC(=O)COC(=O)CCNC(=O)OC(C)(C)C)cc2)CC1. The second-order valence-corrected chi connectivity index (χ2v) is 8.60. The number of rotatable bonds is 7. The predicted octanol–water partition coefficient (Wildman–Crippen LogP) is 3.32. The molecule has 1 saturated heterocycles. The highest BCUT2D eigenvalue weighted by Crippen LogP contribution is 2.24. The Kier molecular flexibility index (Phi) is 8.50. The Bertz CT molecular complexity index is 719. The van der Waals surface area contributed by atoms with Crippen molar-refractivity contribution in [1.82, 2.24) is 5.32 Å². The predicted molar refractivity (Wildman–Crippen MR) is 115 cm³/mol. The molecule has 0 radical (unpaired) electrons. The molecule has 1 fully saturated rings. The fourth-order valence-corrected chi connectivity index (χ4v) is 3.02. The van der Waals surface area contributed by atoms with Gasteiger partial charge in [0.05, 0.1) is 6.42 Å². The largest absolute Gasteiger partial charge is 0.456 e. The zero-order valence-electron chi connectivity index (χ0n) is 18.3. The molecule has 30 heavy (non-hydrogen) atoms. The van der Waals surface area contributed by atoms with Gasteiger partial charge >= 0.3 is 12.1 Å². The third kappa shape index (κ3) is 8.71. The van der Waals surface area contributed by atoms with E-state index >= 15 is 0 Å². The Morgan fingerprint density at radius 2 is 1.73 bits per heavy atom. The van der Waals surface area contributed by atoms with Crippen LogP contribution >= 0.6 is 0 Å². The summed E-state index contributed by atoms with van der Waals surface area (Å²) in [5.41, 5.74) is 1.19. The van der Waals surface area contributed by atoms with Crippen LogP contribution < -0.4 is 15.5 Å². The smallest absolute Gasteiger partial charge is 0.407 e. The van der Waals surface area contributed by atoms with E-state index in [-0.39, 0.29) is 19.6 Å². The molecule has 2 N–H and O–H groups in total. The molecule has 0 saturated carbocycles. The van der Waals surface area contributed by atoms with E-state index in [1.165, 1.54) is 12.8 Å². The Morgan fingerprint density at radius 3 is 2.33 bits per heavy atom. The van der Waals surface area contributed by atoms with Gasteiger partial charge < -0.3 is 25.0 Å². The lowest BCUT2D eigenvalue weighted by molar-refractivity contribution is -0.147. The number of carbonyl (C=O) groups is 3. The van der Waals surface area contributed by atoms with Crippen molar-refractivity contribution in [2.24, 2.45) is 5.92 Å². The van der Waals surface area contributed by atoms with Crippen molar-refractivity contribution in [1.29, 1.82) is 0 Å². The summed E-state index contributed by atoms with van der Waals surface area (Å²) < 4.78 is 10.0. The average Bonchev–Trinajstić information content (AvgIpc) is 2.66. The second-order valence-electron chi connectivity index (χ2n) is 8.60. The normalized spacial score (nSPS) is 14.7. The lowest BCUT2D eigenvalue weighted by Gasteiger charge is -2.32. The first-order valence-electron chi connectivity index (χ1n) is 10.4. The number of amides is 2. The molecule has 1 aromatic carbocycles. The summed E-state index contributed by atoms with van der Waals surface area (Å²) in [6.07, 6.45) is 1.74. The van der Waals surface area contributed by atoms with E-state index in [1.54, 1.807) is 20.8 Å². The van der Waals surface area contributed by atoms with Gasteiger partial charge in [0.1, 0.15) is 5.60 Å². The van der Waals surface area contributed by atoms with Crippen LogP contribution in [0.3, 0.4) is 0 Å². The molecule has 2 amide bonds. The molecular formula is C22H33N3O5. The van der Waals surface area contributed by atoms with E-state index in [0.717, 1.165) is 24.7 Å². The molecule has 1 heterocycles. The monoisotopic (exact) mass is 419 g/mol. The van der Waals surface area contributed by atoms with Crippen LogP contribution in [0.15, 0.2) is 24.3 Å². The summed E-state index contributed by atoms with van der Waals surface area (Å²) in [4.78, 5) is 37.5. The number of ether oxygens (including phenoxy) is 2. The van der Waals surface area contributed by atoms with Crippen LogP contribution in [-0.2, 0) is 19.1 Å². The van der Waals surface area contributed by atoms with E-state index in [4.69, 9.17) is 9.47 Å². The van der Waals surface area contributed by atoms with Gasteiger partial charge in [0.15, 0.2) is 6.61 Å². The van der Waals surface area contributed by atoms with Crippen LogP contribution in [0.25, 0.3) is 0 Å². The first kappa shape index (κ1) is 23.5. The van der Waals surface area contributed by atoms with Gasteiger partial charge in [0.25, 0.3) is 5.91 Å². The molecule has 0 aliphatic carbocycles. The number of benzene rings is 1. The summed E-state index contributed by atoms with van der Waals surface area (Å²) in [5.74, 6) is -0.213. The Morgan fingerprint density at radius 1 is 1.10 bits per heavy atom. The molecule has 0 spiro atoms. The molecule has 8 heteroatoms. The Hall–Kier alpha value is -2.77. The van der Waals surface area contributed by atoms with Crippen molar-refractivity contribution in [3.05, 3.63) is 24.3 Å². The summed E-state index contributed by atoms with van der Waals surface area (Å²) >= 11 is 0. The van der Waals surface area contributed by atoms with Crippen LogP contribution in [0.1, 0.15) is 47.0 Å². The first-order valence-corrected chi connectivity index (χ1v) is 10.4. The number of carbonyl (C=O) groups excluding carboxylic acids is 3. The molecule has 0 unspecified atom stereocenters. The minimum Gasteiger partial charge on any atom is -0.456 e. The van der Waals surface area contributed by atoms with Crippen LogP contribution in [0, 0.1) is 5.92 Å². The van der Waals surface area contributed by atoms with Gasteiger partial charge in [-0.1, -0.05) is 6.92 Å². The number of nitrogens with one attached hydrogen (secondary N) is 2. The van der Waals surface area contributed by atoms with Crippen molar-refractivity contribution >= 4 is 29.3 Å². The topological polar surface area (TPSA) is 97.0 Å². The van der Waals surface area contributed by atoms with E-state index in [2.05, 4.69) is 22.5 Å². The Labute approximate surface area is 178 Å². The van der Waals surface area contributed by atoms with Gasteiger partial charge in [-0.2, -0.15) is 0 Å². The standard InChI is InChI=1S/C22H33N3O5/c1-16-10-13-25(14-11-16)18-7-5-17(6-8-18)24-19(26)15-29-20(27)9-12-23-21(28)30-22(2,3)4/h5-8,16H,9-15H2,1-4H3,(H,23,28)(H,24,26). The van der Waals surface area contributed by atoms with Crippen molar-refractivity contribution in [2.45, 2.75) is 52.6 Å². The lowest BCUT2D eigenvalue weighted by atomic mass is 9.99. The quantitative estimate of drug-likeness (QED) is 0.658. The summed E-state index contributed by atoms with van der Waals surface area (Å²) in [6.45, 7) is 9.32.